The number of amidine groups is 1. The quantitative estimate of drug-likeness (QED) is 0.381. The van der Waals surface area contributed by atoms with Crippen molar-refractivity contribution in [1.29, 1.82) is 5.41 Å². The number of unbranched alkanes of at least 4 members (excludes halogenated alkanes) is 1. The van der Waals surface area contributed by atoms with Gasteiger partial charge in [0.1, 0.15) is 11.4 Å². The van der Waals surface area contributed by atoms with Crippen LogP contribution in [0.25, 0.3) is 0 Å². The van der Waals surface area contributed by atoms with Crippen LogP contribution in [0.5, 0.6) is 5.88 Å². The molecule has 0 radical (unpaired) electrons. The summed E-state index contributed by atoms with van der Waals surface area (Å²) in [6.07, 6.45) is 1.93. The van der Waals surface area contributed by atoms with E-state index in [0.717, 1.165) is 15.6 Å². The lowest BCUT2D eigenvalue weighted by Crippen LogP contribution is -2.43. The molecule has 0 aliphatic heterocycles. The molecule has 0 aliphatic carbocycles. The van der Waals surface area contributed by atoms with Crippen LogP contribution in [0, 0.1) is 5.41 Å². The molecule has 8 heteroatoms. The van der Waals surface area contributed by atoms with Crippen molar-refractivity contribution in [3.63, 3.8) is 0 Å². The molecule has 1 heterocycles. The summed E-state index contributed by atoms with van der Waals surface area (Å²) < 4.78 is 2.05. The van der Waals surface area contributed by atoms with Gasteiger partial charge in [0.05, 0.1) is 0 Å². The minimum atomic E-state index is -0.725. The van der Waals surface area contributed by atoms with E-state index in [-0.39, 0.29) is 18.7 Å². The zero-order chi connectivity index (χ0) is 15.3. The molecule has 1 aromatic heterocycles. The van der Waals surface area contributed by atoms with Crippen LogP contribution in [-0.4, -0.2) is 26.6 Å². The van der Waals surface area contributed by atoms with Gasteiger partial charge >= 0.3 is 5.69 Å². The lowest BCUT2D eigenvalue weighted by atomic mass is 10.2. The zero-order valence-corrected chi connectivity index (χ0v) is 11.6. The van der Waals surface area contributed by atoms with Gasteiger partial charge in [0.15, 0.2) is 0 Å². The number of hydrogen-bond acceptors (Lipinski definition) is 5. The van der Waals surface area contributed by atoms with E-state index in [1.807, 2.05) is 6.92 Å². The largest absolute Gasteiger partial charge is 0.494 e. The number of hydrogen-bond donors (Lipinski definition) is 4. The molecule has 8 nitrogen and oxygen atoms in total. The molecule has 0 bridgehead atoms. The predicted molar refractivity (Wildman–Crippen MR) is 76.2 cm³/mol. The van der Waals surface area contributed by atoms with Crippen molar-refractivity contribution in [2.45, 2.75) is 39.3 Å². The Bertz CT molecular complexity index is 602. The monoisotopic (exact) mass is 283 g/mol. The smallest absolute Gasteiger partial charge is 0.333 e. The van der Waals surface area contributed by atoms with Crippen LogP contribution < -0.4 is 22.7 Å². The van der Waals surface area contributed by atoms with Crippen molar-refractivity contribution >= 4 is 5.84 Å². The third-order valence-electron chi connectivity index (χ3n) is 2.99. The van der Waals surface area contributed by atoms with Gasteiger partial charge in [0.25, 0.3) is 5.56 Å². The van der Waals surface area contributed by atoms with Crippen LogP contribution in [0.15, 0.2) is 9.59 Å². The summed E-state index contributed by atoms with van der Waals surface area (Å²) in [7, 11) is 0. The SMILES string of the molecule is CCCCn1c(=O)c(C(=N)N)c(O)n(CCCN)c1=O. The molecule has 0 atom stereocenters. The van der Waals surface area contributed by atoms with Crippen molar-refractivity contribution in [2.75, 3.05) is 6.54 Å². The first-order valence-electron chi connectivity index (χ1n) is 6.56. The van der Waals surface area contributed by atoms with Crippen molar-refractivity contribution in [3.8, 4) is 5.88 Å². The highest BCUT2D eigenvalue weighted by molar-refractivity contribution is 5.96. The molecule has 0 aromatic carbocycles. The first kappa shape index (κ1) is 16.0. The van der Waals surface area contributed by atoms with Gasteiger partial charge in [-0.05, 0) is 19.4 Å². The maximum atomic E-state index is 12.2. The van der Waals surface area contributed by atoms with E-state index >= 15 is 0 Å². The van der Waals surface area contributed by atoms with E-state index in [1.54, 1.807) is 0 Å². The van der Waals surface area contributed by atoms with E-state index < -0.39 is 23.0 Å². The lowest BCUT2D eigenvalue weighted by molar-refractivity contribution is 0.382. The minimum Gasteiger partial charge on any atom is -0.494 e. The standard InChI is InChI=1S/C12H21N5O3/c1-2-3-6-16-10(18)8(9(14)15)11(19)17(12(16)20)7-4-5-13/h19H,2-7,13H2,1H3,(H3,14,15). The summed E-state index contributed by atoms with van der Waals surface area (Å²) in [6, 6.07) is 0. The summed E-state index contributed by atoms with van der Waals surface area (Å²) in [6.45, 7) is 2.69. The van der Waals surface area contributed by atoms with E-state index in [9.17, 15) is 14.7 Å². The summed E-state index contributed by atoms with van der Waals surface area (Å²) >= 11 is 0. The molecule has 6 N–H and O–H groups in total. The van der Waals surface area contributed by atoms with Crippen LogP contribution in [0.4, 0.5) is 0 Å². The first-order chi connectivity index (χ1) is 9.45. The number of aromatic hydroxyl groups is 1. The Labute approximate surface area is 116 Å². The Kier molecular flexibility index (Phi) is 5.51. The normalized spacial score (nSPS) is 10.7. The molecule has 0 saturated carbocycles. The Balaban J connectivity index is 3.52. The predicted octanol–water partition coefficient (Wildman–Crippen LogP) is -0.851. The highest BCUT2D eigenvalue weighted by Crippen LogP contribution is 2.10. The average molecular weight is 283 g/mol. The topological polar surface area (TPSA) is 140 Å². The fourth-order valence-corrected chi connectivity index (χ4v) is 1.89. The molecule has 0 saturated heterocycles. The van der Waals surface area contributed by atoms with E-state index in [0.29, 0.717) is 19.4 Å². The van der Waals surface area contributed by atoms with E-state index in [1.165, 1.54) is 0 Å². The number of nitrogen functional groups attached to an aromatic ring is 1. The molecule has 112 valence electrons. The van der Waals surface area contributed by atoms with Gasteiger partial charge in [-0.1, -0.05) is 13.3 Å². The van der Waals surface area contributed by atoms with E-state index in [2.05, 4.69) is 0 Å². The summed E-state index contributed by atoms with van der Waals surface area (Å²) in [4.78, 5) is 24.3. The summed E-state index contributed by atoms with van der Waals surface area (Å²) in [5, 5.41) is 17.4. The van der Waals surface area contributed by atoms with Crippen LogP contribution in [0.2, 0.25) is 0 Å². The number of nitrogens with two attached hydrogens (primary N) is 2. The van der Waals surface area contributed by atoms with Crippen LogP contribution in [0.1, 0.15) is 31.7 Å². The van der Waals surface area contributed by atoms with Gasteiger partial charge in [0.2, 0.25) is 5.88 Å². The Hall–Kier alpha value is -2.09. The number of rotatable bonds is 7. The number of aromatic nitrogens is 2. The van der Waals surface area contributed by atoms with Crippen LogP contribution in [0.3, 0.4) is 0 Å². The van der Waals surface area contributed by atoms with Crippen LogP contribution >= 0.6 is 0 Å². The molecule has 0 unspecified atom stereocenters. The van der Waals surface area contributed by atoms with Crippen molar-refractivity contribution in [1.82, 2.24) is 9.13 Å². The highest BCUT2D eigenvalue weighted by atomic mass is 16.3. The van der Waals surface area contributed by atoms with Gasteiger partial charge in [0, 0.05) is 13.1 Å². The second-order valence-electron chi connectivity index (χ2n) is 4.50. The maximum Gasteiger partial charge on any atom is 0.333 e. The van der Waals surface area contributed by atoms with E-state index in [4.69, 9.17) is 16.9 Å². The van der Waals surface area contributed by atoms with Crippen LogP contribution in [-0.2, 0) is 13.1 Å². The number of nitrogens with zero attached hydrogens (tertiary/aromatic N) is 2. The van der Waals surface area contributed by atoms with Gasteiger partial charge in [-0.25, -0.2) is 4.79 Å². The number of nitrogens with one attached hydrogen (secondary N) is 1. The third-order valence-corrected chi connectivity index (χ3v) is 2.99. The lowest BCUT2D eigenvalue weighted by Gasteiger charge is -2.14. The Morgan fingerprint density at radius 2 is 1.85 bits per heavy atom. The second-order valence-corrected chi connectivity index (χ2v) is 4.50. The molecule has 0 amide bonds. The molecule has 1 aromatic rings. The first-order valence-corrected chi connectivity index (χ1v) is 6.56. The molecular weight excluding hydrogens is 262 g/mol. The summed E-state index contributed by atoms with van der Waals surface area (Å²) in [5.74, 6) is -1.12. The maximum absolute atomic E-state index is 12.2. The minimum absolute atomic E-state index is 0.174. The van der Waals surface area contributed by atoms with Gasteiger partial charge in [-0.3, -0.25) is 19.3 Å². The molecule has 0 aliphatic rings. The van der Waals surface area contributed by atoms with Crippen molar-refractivity contribution in [3.05, 3.63) is 26.4 Å². The Morgan fingerprint density at radius 1 is 1.25 bits per heavy atom. The third kappa shape index (κ3) is 3.08. The fraction of sp³-hybridized carbons (Fsp3) is 0.583. The highest BCUT2D eigenvalue weighted by Gasteiger charge is 2.20. The fourth-order valence-electron chi connectivity index (χ4n) is 1.89. The van der Waals surface area contributed by atoms with Gasteiger partial charge < -0.3 is 16.6 Å². The molecule has 1 rings (SSSR count). The van der Waals surface area contributed by atoms with Crippen molar-refractivity contribution < 1.29 is 5.11 Å². The molecule has 0 fully saturated rings. The average Bonchev–Trinajstić information content (AvgIpc) is 2.38. The second kappa shape index (κ2) is 6.90. The van der Waals surface area contributed by atoms with Gasteiger partial charge in [-0.2, -0.15) is 0 Å². The molecular formula is C12H21N5O3. The zero-order valence-electron chi connectivity index (χ0n) is 11.6. The Morgan fingerprint density at radius 3 is 2.35 bits per heavy atom. The molecule has 0 spiro atoms. The molecule has 20 heavy (non-hydrogen) atoms. The van der Waals surface area contributed by atoms with Gasteiger partial charge in [-0.15, -0.1) is 0 Å². The van der Waals surface area contributed by atoms with Crippen molar-refractivity contribution in [2.24, 2.45) is 11.5 Å². The summed E-state index contributed by atoms with van der Waals surface area (Å²) in [5.41, 5.74) is 9.06.